The van der Waals surface area contributed by atoms with Crippen LogP contribution in [0.2, 0.25) is 0 Å². The van der Waals surface area contributed by atoms with Crippen LogP contribution >= 0.6 is 0 Å². The predicted octanol–water partition coefficient (Wildman–Crippen LogP) is 0.829. The first-order valence-electron chi connectivity index (χ1n) is 10.7. The molecule has 1 amide bonds. The fraction of sp³-hybridized carbons (Fsp3) is 0.167. The van der Waals surface area contributed by atoms with E-state index in [0.717, 1.165) is 11.1 Å². The molecule has 7 N–H and O–H groups in total. The number of para-hydroxylation sites is 1. The Hall–Kier alpha value is -4.26. The van der Waals surface area contributed by atoms with Crippen molar-refractivity contribution in [2.45, 2.75) is 25.5 Å². The molecule has 0 spiro atoms. The SMILES string of the molecule is O=C(N[C@@H](Cc1cccc(C(=O)O)c1O)B(O)O)c1cccc(CNCc2cccnc2)c1.O=CO. The third-order valence-corrected chi connectivity index (χ3v) is 5.04. The molecule has 0 aliphatic carbocycles. The lowest BCUT2D eigenvalue weighted by Gasteiger charge is -2.19. The van der Waals surface area contributed by atoms with Gasteiger partial charge in [0.15, 0.2) is 0 Å². The lowest BCUT2D eigenvalue weighted by atomic mass is 9.75. The summed E-state index contributed by atoms with van der Waals surface area (Å²) in [6.07, 6.45) is 3.29. The van der Waals surface area contributed by atoms with Crippen LogP contribution in [0.25, 0.3) is 0 Å². The molecule has 0 saturated carbocycles. The minimum atomic E-state index is -1.92. The summed E-state index contributed by atoms with van der Waals surface area (Å²) >= 11 is 0. The fourth-order valence-corrected chi connectivity index (χ4v) is 3.32. The van der Waals surface area contributed by atoms with E-state index in [9.17, 15) is 24.7 Å². The van der Waals surface area contributed by atoms with Gasteiger partial charge in [0, 0.05) is 31.0 Å². The Morgan fingerprint density at radius 1 is 1.03 bits per heavy atom. The quantitative estimate of drug-likeness (QED) is 0.157. The van der Waals surface area contributed by atoms with Crippen LogP contribution in [0.5, 0.6) is 5.75 Å². The predicted molar refractivity (Wildman–Crippen MR) is 130 cm³/mol. The van der Waals surface area contributed by atoms with Crippen LogP contribution < -0.4 is 10.6 Å². The summed E-state index contributed by atoms with van der Waals surface area (Å²) in [5, 5.41) is 51.5. The highest BCUT2D eigenvalue weighted by Crippen LogP contribution is 2.24. The van der Waals surface area contributed by atoms with Crippen molar-refractivity contribution < 1.29 is 39.8 Å². The van der Waals surface area contributed by atoms with Crippen molar-refractivity contribution in [2.75, 3.05) is 0 Å². The molecule has 0 radical (unpaired) electrons. The van der Waals surface area contributed by atoms with Gasteiger partial charge in [0.2, 0.25) is 0 Å². The maximum absolute atomic E-state index is 12.7. The van der Waals surface area contributed by atoms with Crippen LogP contribution in [0.3, 0.4) is 0 Å². The Bertz CT molecular complexity index is 1160. The highest BCUT2D eigenvalue weighted by atomic mass is 16.4. The zero-order valence-electron chi connectivity index (χ0n) is 19.1. The molecule has 11 nitrogen and oxygen atoms in total. The van der Waals surface area contributed by atoms with Crippen molar-refractivity contribution in [3.8, 4) is 5.75 Å². The first kappa shape index (κ1) is 28.0. The number of aromatic nitrogens is 1. The topological polar surface area (TPSA) is 189 Å². The number of benzene rings is 2. The van der Waals surface area contributed by atoms with E-state index in [-0.39, 0.29) is 24.0 Å². The van der Waals surface area contributed by atoms with Crippen molar-refractivity contribution in [3.63, 3.8) is 0 Å². The minimum absolute atomic E-state index is 0.168. The molecule has 2 aromatic carbocycles. The number of carbonyl (C=O) groups excluding carboxylic acids is 1. The van der Waals surface area contributed by atoms with E-state index < -0.39 is 30.7 Å². The lowest BCUT2D eigenvalue weighted by Crippen LogP contribution is -2.48. The van der Waals surface area contributed by atoms with E-state index in [1.54, 1.807) is 30.6 Å². The number of pyridine rings is 1. The zero-order valence-corrected chi connectivity index (χ0v) is 19.1. The molecule has 1 heterocycles. The van der Waals surface area contributed by atoms with E-state index in [0.29, 0.717) is 18.7 Å². The monoisotopic (exact) mass is 495 g/mol. The molecule has 36 heavy (non-hydrogen) atoms. The summed E-state index contributed by atoms with van der Waals surface area (Å²) in [4.78, 5) is 36.4. The Labute approximate surface area is 207 Å². The first-order valence-corrected chi connectivity index (χ1v) is 10.7. The molecule has 0 aliphatic rings. The molecule has 1 atom stereocenters. The first-order chi connectivity index (χ1) is 17.3. The molecule has 3 rings (SSSR count). The number of nitrogens with one attached hydrogen (secondary N) is 2. The zero-order chi connectivity index (χ0) is 26.5. The molecule has 1 aromatic heterocycles. The average molecular weight is 495 g/mol. The van der Waals surface area contributed by atoms with Gasteiger partial charge in [-0.05, 0) is 47.4 Å². The van der Waals surface area contributed by atoms with Gasteiger partial charge in [-0.1, -0.05) is 30.3 Å². The van der Waals surface area contributed by atoms with Crippen molar-refractivity contribution in [3.05, 3.63) is 94.8 Å². The largest absolute Gasteiger partial charge is 0.507 e. The average Bonchev–Trinajstić information content (AvgIpc) is 2.86. The summed E-state index contributed by atoms with van der Waals surface area (Å²) in [6, 6.07) is 14.8. The van der Waals surface area contributed by atoms with Crippen LogP contribution in [0.15, 0.2) is 67.0 Å². The maximum atomic E-state index is 12.7. The van der Waals surface area contributed by atoms with Gasteiger partial charge in [0.05, 0.1) is 5.94 Å². The smallest absolute Gasteiger partial charge is 0.475 e. The lowest BCUT2D eigenvalue weighted by molar-refractivity contribution is -0.122. The van der Waals surface area contributed by atoms with E-state index >= 15 is 0 Å². The van der Waals surface area contributed by atoms with E-state index in [1.807, 2.05) is 18.2 Å². The van der Waals surface area contributed by atoms with Gasteiger partial charge in [0.25, 0.3) is 12.4 Å². The van der Waals surface area contributed by atoms with Gasteiger partial charge in [-0.25, -0.2) is 4.79 Å². The summed E-state index contributed by atoms with van der Waals surface area (Å²) in [6.45, 7) is 0.875. The Morgan fingerprint density at radius 2 is 1.69 bits per heavy atom. The number of aromatic carboxylic acids is 1. The second-order valence-corrected chi connectivity index (χ2v) is 7.59. The van der Waals surface area contributed by atoms with Crippen molar-refractivity contribution in [1.29, 1.82) is 0 Å². The second kappa shape index (κ2) is 14.2. The highest BCUT2D eigenvalue weighted by molar-refractivity contribution is 6.43. The normalized spacial score (nSPS) is 10.9. The third-order valence-electron chi connectivity index (χ3n) is 5.04. The maximum Gasteiger partial charge on any atom is 0.475 e. The summed E-state index contributed by atoms with van der Waals surface area (Å²) < 4.78 is 0. The van der Waals surface area contributed by atoms with Crippen LogP contribution in [0, 0.1) is 0 Å². The molecular formula is C24H26BN3O8. The second-order valence-electron chi connectivity index (χ2n) is 7.59. The van der Waals surface area contributed by atoms with Gasteiger partial charge in [-0.3, -0.25) is 14.6 Å². The molecule has 0 aliphatic heterocycles. The highest BCUT2D eigenvalue weighted by Gasteiger charge is 2.28. The minimum Gasteiger partial charge on any atom is -0.507 e. The molecule has 0 bridgehead atoms. The number of phenols is 1. The number of hydrogen-bond acceptors (Lipinski definition) is 8. The van der Waals surface area contributed by atoms with Crippen molar-refractivity contribution >= 4 is 25.5 Å². The standard InChI is InChI=1S/C23H24BN3O6.CH2O2/c28-21-17(6-2-8-19(21)23(30)31)11-20(24(32)33)27-22(29)18-7-1-4-15(10-18)12-26-14-16-5-3-9-25-13-16;2-1-3/h1-10,13,20,26,28,32-33H,11-12,14H2,(H,27,29)(H,30,31);1H,(H,2,3)/t20-;/m0./s1. The number of nitrogens with zero attached hydrogens (tertiary/aromatic N) is 1. The van der Waals surface area contributed by atoms with Crippen LogP contribution in [0.4, 0.5) is 0 Å². The number of carbonyl (C=O) groups is 3. The van der Waals surface area contributed by atoms with Crippen LogP contribution in [0.1, 0.15) is 37.4 Å². The molecular weight excluding hydrogens is 469 g/mol. The number of carboxylic acids is 1. The molecule has 0 fully saturated rings. The number of carboxylic acid groups (broad SMARTS) is 2. The third kappa shape index (κ3) is 8.51. The summed E-state index contributed by atoms with van der Waals surface area (Å²) in [7, 11) is -1.92. The number of rotatable bonds is 10. The van der Waals surface area contributed by atoms with Crippen LogP contribution in [-0.4, -0.2) is 61.8 Å². The number of aromatic hydroxyl groups is 1. The molecule has 12 heteroatoms. The van der Waals surface area contributed by atoms with Gasteiger partial charge >= 0.3 is 13.1 Å². The number of amides is 1. The Kier molecular flexibility index (Phi) is 11.1. The van der Waals surface area contributed by atoms with E-state index in [1.165, 1.54) is 18.2 Å². The Balaban J connectivity index is 0.00000145. The fourth-order valence-electron chi connectivity index (χ4n) is 3.32. The van der Waals surface area contributed by atoms with Gasteiger partial charge in [-0.15, -0.1) is 0 Å². The molecule has 0 unspecified atom stereocenters. The van der Waals surface area contributed by atoms with E-state index in [2.05, 4.69) is 15.6 Å². The summed E-state index contributed by atoms with van der Waals surface area (Å²) in [5.74, 6) is -3.49. The van der Waals surface area contributed by atoms with Crippen LogP contribution in [-0.2, 0) is 24.3 Å². The molecule has 188 valence electrons. The van der Waals surface area contributed by atoms with E-state index in [4.69, 9.17) is 15.0 Å². The van der Waals surface area contributed by atoms with Gasteiger partial charge in [-0.2, -0.15) is 0 Å². The van der Waals surface area contributed by atoms with Crippen molar-refractivity contribution in [2.24, 2.45) is 0 Å². The van der Waals surface area contributed by atoms with Crippen molar-refractivity contribution in [1.82, 2.24) is 15.6 Å². The summed E-state index contributed by atoms with van der Waals surface area (Å²) in [5.41, 5.74) is 2.07. The van der Waals surface area contributed by atoms with Gasteiger partial charge in [0.1, 0.15) is 11.3 Å². The Morgan fingerprint density at radius 3 is 2.33 bits per heavy atom. The molecule has 0 saturated heterocycles. The number of hydrogen-bond donors (Lipinski definition) is 7. The van der Waals surface area contributed by atoms with Gasteiger partial charge < -0.3 is 36.0 Å². The molecule has 3 aromatic rings.